The molecule has 5 heteroatoms. The number of hydrogen-bond donors (Lipinski definition) is 2. The molecule has 1 unspecified atom stereocenters. The predicted octanol–water partition coefficient (Wildman–Crippen LogP) is 0.616. The van der Waals surface area contributed by atoms with Crippen molar-refractivity contribution in [2.75, 3.05) is 26.8 Å². The SMILES string of the molecule is COC(=O)c1cc(CN2CCC(CO)C2)c[nH]1. The van der Waals surface area contributed by atoms with E-state index in [0.717, 1.165) is 31.6 Å². The molecule has 0 radical (unpaired) electrons. The molecule has 0 aliphatic carbocycles. The fourth-order valence-corrected chi connectivity index (χ4v) is 2.22. The molecule has 1 aliphatic heterocycles. The average Bonchev–Trinajstić information content (AvgIpc) is 2.97. The van der Waals surface area contributed by atoms with Crippen molar-refractivity contribution in [3.05, 3.63) is 23.5 Å². The van der Waals surface area contributed by atoms with Crippen LogP contribution in [0.3, 0.4) is 0 Å². The zero-order valence-electron chi connectivity index (χ0n) is 9.98. The number of aliphatic hydroxyl groups excluding tert-OH is 1. The van der Waals surface area contributed by atoms with Crippen molar-refractivity contribution in [3.8, 4) is 0 Å². The highest BCUT2D eigenvalue weighted by Gasteiger charge is 2.22. The van der Waals surface area contributed by atoms with Crippen LogP contribution < -0.4 is 0 Å². The number of H-pyrrole nitrogens is 1. The van der Waals surface area contributed by atoms with Gasteiger partial charge in [0.1, 0.15) is 5.69 Å². The molecule has 1 aliphatic rings. The molecule has 2 rings (SSSR count). The topological polar surface area (TPSA) is 65.6 Å². The number of rotatable bonds is 4. The quantitative estimate of drug-likeness (QED) is 0.754. The van der Waals surface area contributed by atoms with Gasteiger partial charge in [-0.2, -0.15) is 0 Å². The lowest BCUT2D eigenvalue weighted by Crippen LogP contribution is -2.20. The first-order chi connectivity index (χ1) is 8.22. The number of aliphatic hydroxyl groups is 1. The summed E-state index contributed by atoms with van der Waals surface area (Å²) >= 11 is 0. The van der Waals surface area contributed by atoms with E-state index in [0.29, 0.717) is 11.6 Å². The monoisotopic (exact) mass is 238 g/mol. The van der Waals surface area contributed by atoms with Gasteiger partial charge in [0.25, 0.3) is 0 Å². The number of nitrogens with zero attached hydrogens (tertiary/aromatic N) is 1. The standard InChI is InChI=1S/C12H18N2O3/c1-17-12(16)11-4-10(5-13-11)7-14-3-2-9(6-14)8-15/h4-5,9,13,15H,2-3,6-8H2,1H3. The number of likely N-dealkylation sites (tertiary alicyclic amines) is 1. The lowest BCUT2D eigenvalue weighted by atomic mass is 10.1. The highest BCUT2D eigenvalue weighted by atomic mass is 16.5. The van der Waals surface area contributed by atoms with E-state index in [9.17, 15) is 4.79 Å². The Hall–Kier alpha value is -1.33. The molecular weight excluding hydrogens is 220 g/mol. The summed E-state index contributed by atoms with van der Waals surface area (Å²) in [5.41, 5.74) is 1.56. The van der Waals surface area contributed by atoms with Crippen molar-refractivity contribution in [2.24, 2.45) is 5.92 Å². The second-order valence-electron chi connectivity index (χ2n) is 4.49. The Morgan fingerprint density at radius 3 is 3.18 bits per heavy atom. The largest absolute Gasteiger partial charge is 0.464 e. The first kappa shape index (κ1) is 12.1. The Labute approximate surface area is 100 Å². The van der Waals surface area contributed by atoms with E-state index in [2.05, 4.69) is 14.6 Å². The molecule has 1 atom stereocenters. The van der Waals surface area contributed by atoms with Crippen LogP contribution in [0.25, 0.3) is 0 Å². The van der Waals surface area contributed by atoms with E-state index < -0.39 is 0 Å². The van der Waals surface area contributed by atoms with Gasteiger partial charge in [0.2, 0.25) is 0 Å². The smallest absolute Gasteiger partial charge is 0.354 e. The molecule has 1 saturated heterocycles. The molecule has 0 spiro atoms. The molecule has 2 N–H and O–H groups in total. The number of ether oxygens (including phenoxy) is 1. The number of carbonyl (C=O) groups is 1. The van der Waals surface area contributed by atoms with E-state index in [1.807, 2.05) is 12.3 Å². The summed E-state index contributed by atoms with van der Waals surface area (Å²) in [4.78, 5) is 16.5. The molecule has 0 amide bonds. The van der Waals surface area contributed by atoms with Crippen LogP contribution in [0.5, 0.6) is 0 Å². The summed E-state index contributed by atoms with van der Waals surface area (Å²) in [6, 6.07) is 1.82. The number of nitrogens with one attached hydrogen (secondary N) is 1. The minimum atomic E-state index is -0.342. The van der Waals surface area contributed by atoms with Crippen molar-refractivity contribution in [1.29, 1.82) is 0 Å². The van der Waals surface area contributed by atoms with Crippen molar-refractivity contribution in [2.45, 2.75) is 13.0 Å². The summed E-state index contributed by atoms with van der Waals surface area (Å²) in [5.74, 6) is 0.0555. The molecule has 0 bridgehead atoms. The number of aromatic amines is 1. The minimum absolute atomic E-state index is 0.261. The van der Waals surface area contributed by atoms with Crippen molar-refractivity contribution in [1.82, 2.24) is 9.88 Å². The van der Waals surface area contributed by atoms with Gasteiger partial charge in [-0.15, -0.1) is 0 Å². The summed E-state index contributed by atoms with van der Waals surface area (Å²) in [6.45, 7) is 3.00. The van der Waals surface area contributed by atoms with Crippen LogP contribution in [0.4, 0.5) is 0 Å². The first-order valence-electron chi connectivity index (χ1n) is 5.81. The van der Waals surface area contributed by atoms with Crippen LogP contribution in [-0.4, -0.2) is 47.8 Å². The predicted molar refractivity (Wildman–Crippen MR) is 62.6 cm³/mol. The summed E-state index contributed by atoms with van der Waals surface area (Å²) in [7, 11) is 1.37. The first-order valence-corrected chi connectivity index (χ1v) is 5.81. The molecule has 0 saturated carbocycles. The Morgan fingerprint density at radius 2 is 2.53 bits per heavy atom. The normalized spacial score (nSPS) is 20.7. The Bertz CT molecular complexity index is 389. The number of hydrogen-bond acceptors (Lipinski definition) is 4. The van der Waals surface area contributed by atoms with Gasteiger partial charge in [0.15, 0.2) is 0 Å². The Balaban J connectivity index is 1.91. The second-order valence-corrected chi connectivity index (χ2v) is 4.49. The number of aromatic nitrogens is 1. The van der Waals surface area contributed by atoms with Crippen molar-refractivity contribution in [3.63, 3.8) is 0 Å². The van der Waals surface area contributed by atoms with Gasteiger partial charge in [-0.3, -0.25) is 4.90 Å². The molecule has 1 aromatic rings. The van der Waals surface area contributed by atoms with Crippen molar-refractivity contribution >= 4 is 5.97 Å². The Kier molecular flexibility index (Phi) is 3.81. The zero-order chi connectivity index (χ0) is 12.3. The minimum Gasteiger partial charge on any atom is -0.464 e. The highest BCUT2D eigenvalue weighted by Crippen LogP contribution is 2.18. The molecule has 1 fully saturated rings. The van der Waals surface area contributed by atoms with Gasteiger partial charge in [-0.05, 0) is 30.5 Å². The number of esters is 1. The molecule has 2 heterocycles. The molecule has 94 valence electrons. The van der Waals surface area contributed by atoms with Crippen LogP contribution in [0.1, 0.15) is 22.5 Å². The third-order valence-corrected chi connectivity index (χ3v) is 3.18. The molecule has 5 nitrogen and oxygen atoms in total. The van der Waals surface area contributed by atoms with E-state index >= 15 is 0 Å². The Morgan fingerprint density at radius 1 is 1.71 bits per heavy atom. The van der Waals surface area contributed by atoms with Gasteiger partial charge in [0.05, 0.1) is 7.11 Å². The summed E-state index contributed by atoms with van der Waals surface area (Å²) in [5, 5.41) is 9.06. The fraction of sp³-hybridized carbons (Fsp3) is 0.583. The van der Waals surface area contributed by atoms with Crippen molar-refractivity contribution < 1.29 is 14.6 Å². The van der Waals surface area contributed by atoms with Gasteiger partial charge >= 0.3 is 5.97 Å². The van der Waals surface area contributed by atoms with E-state index in [-0.39, 0.29) is 12.6 Å². The lowest BCUT2D eigenvalue weighted by Gasteiger charge is -2.13. The van der Waals surface area contributed by atoms with Crippen LogP contribution in [0, 0.1) is 5.92 Å². The summed E-state index contributed by atoms with van der Waals surface area (Å²) in [6.07, 6.45) is 2.88. The third kappa shape index (κ3) is 2.87. The second kappa shape index (κ2) is 5.33. The van der Waals surface area contributed by atoms with E-state index in [1.54, 1.807) is 0 Å². The highest BCUT2D eigenvalue weighted by molar-refractivity contribution is 5.87. The van der Waals surface area contributed by atoms with Crippen LogP contribution in [0.15, 0.2) is 12.3 Å². The maximum atomic E-state index is 11.3. The van der Waals surface area contributed by atoms with Gasteiger partial charge in [0, 0.05) is 25.9 Å². The van der Waals surface area contributed by atoms with E-state index in [1.165, 1.54) is 7.11 Å². The van der Waals surface area contributed by atoms with Crippen LogP contribution >= 0.6 is 0 Å². The molecule has 0 aromatic carbocycles. The summed E-state index contributed by atoms with van der Waals surface area (Å²) < 4.78 is 4.64. The van der Waals surface area contributed by atoms with Gasteiger partial charge in [-0.25, -0.2) is 4.79 Å². The van der Waals surface area contributed by atoms with Crippen LogP contribution in [0.2, 0.25) is 0 Å². The maximum absolute atomic E-state index is 11.3. The number of methoxy groups -OCH3 is 1. The average molecular weight is 238 g/mol. The zero-order valence-corrected chi connectivity index (χ0v) is 9.98. The fourth-order valence-electron chi connectivity index (χ4n) is 2.22. The van der Waals surface area contributed by atoms with Gasteiger partial charge in [-0.1, -0.05) is 0 Å². The van der Waals surface area contributed by atoms with E-state index in [4.69, 9.17) is 5.11 Å². The number of carbonyl (C=O) groups excluding carboxylic acids is 1. The third-order valence-electron chi connectivity index (χ3n) is 3.18. The van der Waals surface area contributed by atoms with Gasteiger partial charge < -0.3 is 14.8 Å². The lowest BCUT2D eigenvalue weighted by molar-refractivity contribution is 0.0595. The maximum Gasteiger partial charge on any atom is 0.354 e. The van der Waals surface area contributed by atoms with Crippen LogP contribution in [-0.2, 0) is 11.3 Å². The molecular formula is C12H18N2O3. The molecule has 1 aromatic heterocycles. The molecule has 17 heavy (non-hydrogen) atoms.